The van der Waals surface area contributed by atoms with Gasteiger partial charge in [-0.05, 0) is 420 Å². The number of hydrogen-bond acceptors (Lipinski definition) is 21. The normalized spacial score (nSPS) is 23.8. The van der Waals surface area contributed by atoms with Gasteiger partial charge < -0.3 is 90.1 Å². The third kappa shape index (κ3) is 36.6. The van der Waals surface area contributed by atoms with E-state index >= 15 is 0 Å². The molecule has 0 unspecified atom stereocenters. The van der Waals surface area contributed by atoms with Gasteiger partial charge in [0.2, 0.25) is 0 Å². The molecule has 8 atom stereocenters. The Morgan fingerprint density at radius 2 is 0.828 bits per heavy atom. The highest BCUT2D eigenvalue weighted by Gasteiger charge is 2.42. The third-order valence-electron chi connectivity index (χ3n) is 27.9. The molecule has 4 aromatic carbocycles. The van der Waals surface area contributed by atoms with Crippen molar-refractivity contribution in [1.29, 1.82) is 0 Å². The van der Waals surface area contributed by atoms with Crippen LogP contribution in [0.4, 0.5) is 42.1 Å². The molecule has 0 aliphatic carbocycles. The predicted octanol–water partition coefficient (Wildman–Crippen LogP) is 22.6. The summed E-state index contributed by atoms with van der Waals surface area (Å²) in [6.07, 6.45) is 25.5. The Labute approximate surface area is 820 Å². The number of benzene rings is 4. The number of anilines is 4. The van der Waals surface area contributed by atoms with Crippen molar-refractivity contribution in [3.05, 3.63) is 146 Å². The minimum Gasteiger partial charge on any atom is -0.474 e. The zero-order valence-corrected chi connectivity index (χ0v) is 88.2. The minimum atomic E-state index is -1.54. The SMILES string of the molecule is CC(C)(C)OC(=O)OC(=O)OC(C)(C)C.CCc1cc(NC(=O)C(=O)O)cnc1N.CN1CCC2(CCCNC2)CC1.C[C@H]1CC[C@H](c2ccc(Br)cc2)N(C(=O)OC(C)(C)C)C1.C[C@H]1CC[C@H](c2ccc(Br)cc2)NC1.C[C@H]1CC[C@H](c2ccc(N3CCCC4(CCN(C)CC4)C3)cc2)N(C(=O)OC(C)(C)C)C1.C[C@H]1CC[C@H](c2ccc(N3CCCC4(CCN(C)CC4)C3)cc2)NC1. The molecule has 10 fully saturated rings. The molecule has 5 aromatic rings. The highest BCUT2D eigenvalue weighted by Crippen LogP contribution is 2.45. The van der Waals surface area contributed by atoms with Gasteiger partial charge in [0.1, 0.15) is 28.2 Å². The molecule has 3 amide bonds. The van der Waals surface area contributed by atoms with Crippen molar-refractivity contribution in [2.24, 2.45) is 39.9 Å². The Morgan fingerprint density at radius 1 is 0.470 bits per heavy atom. The number of ether oxygens (including phenoxy) is 5. The zero-order chi connectivity index (χ0) is 97.9. The van der Waals surface area contributed by atoms with Crippen molar-refractivity contribution >= 4 is 91.1 Å². The van der Waals surface area contributed by atoms with Gasteiger partial charge in [0.05, 0.1) is 24.0 Å². The summed E-state index contributed by atoms with van der Waals surface area (Å²) in [5.74, 6) is 0.442. The maximum atomic E-state index is 12.9. The number of carboxylic acids is 1. The van der Waals surface area contributed by atoms with Crippen LogP contribution in [-0.4, -0.2) is 219 Å². The second kappa shape index (κ2) is 50.8. The van der Waals surface area contributed by atoms with Crippen LogP contribution < -0.4 is 36.8 Å². The number of amides is 3. The van der Waals surface area contributed by atoms with Crippen molar-refractivity contribution in [2.75, 3.05) is 147 Å². The van der Waals surface area contributed by atoms with Gasteiger partial charge in [0.15, 0.2) is 0 Å². The van der Waals surface area contributed by atoms with Crippen LogP contribution in [0.15, 0.2) is 118 Å². The van der Waals surface area contributed by atoms with Gasteiger partial charge in [-0.25, -0.2) is 29.0 Å². The van der Waals surface area contributed by atoms with E-state index in [1.165, 1.54) is 215 Å². The Bertz CT molecular complexity index is 4410. The number of hydrogen-bond donors (Lipinski definition) is 6. The molecule has 134 heavy (non-hydrogen) atoms. The molecule has 0 radical (unpaired) electrons. The van der Waals surface area contributed by atoms with Gasteiger partial charge in [-0.3, -0.25) is 4.79 Å². The average molecular weight is 1990 g/mol. The molecule has 10 aliphatic rings. The second-order valence-electron chi connectivity index (χ2n) is 44.4. The van der Waals surface area contributed by atoms with Crippen LogP contribution in [0, 0.1) is 39.9 Å². The van der Waals surface area contributed by atoms with E-state index in [0.717, 1.165) is 84.8 Å². The number of likely N-dealkylation sites (tertiary alicyclic amines) is 5. The molecule has 27 heteroatoms. The van der Waals surface area contributed by atoms with E-state index in [2.05, 4.69) is 221 Å². The topological polar surface area (TPSA) is 279 Å². The van der Waals surface area contributed by atoms with Crippen LogP contribution >= 0.6 is 31.9 Å². The average Bonchev–Trinajstić information content (AvgIpc) is 0.798. The van der Waals surface area contributed by atoms with Gasteiger partial charge in [-0.1, -0.05) is 115 Å². The Balaban J connectivity index is 0.000000180. The van der Waals surface area contributed by atoms with E-state index in [0.29, 0.717) is 58.1 Å². The maximum absolute atomic E-state index is 12.9. The fourth-order valence-electron chi connectivity index (χ4n) is 19.9. The largest absolute Gasteiger partial charge is 0.519 e. The van der Waals surface area contributed by atoms with Crippen molar-refractivity contribution < 1.29 is 57.6 Å². The van der Waals surface area contributed by atoms with E-state index in [9.17, 15) is 28.8 Å². The first kappa shape index (κ1) is 110. The predicted molar refractivity (Wildman–Crippen MR) is 548 cm³/mol. The number of carboxylic acid groups (broad SMARTS) is 1. The van der Waals surface area contributed by atoms with Crippen LogP contribution in [0.1, 0.15) is 298 Å². The first-order valence-electron chi connectivity index (χ1n) is 50.0. The van der Waals surface area contributed by atoms with Gasteiger partial charge in [-0.15, -0.1) is 0 Å². The lowest BCUT2D eigenvalue weighted by atomic mass is 9.72. The van der Waals surface area contributed by atoms with E-state index < -0.39 is 46.6 Å². The summed E-state index contributed by atoms with van der Waals surface area (Å²) in [5, 5.41) is 21.4. The first-order valence-corrected chi connectivity index (χ1v) is 51.6. The molecule has 3 spiro atoms. The number of nitrogens with one attached hydrogen (secondary N) is 4. The standard InChI is InChI=1S/C27H43N3O2.C22H35N3.C17H24BrNO2.C12H16BrN.C10H20N2.C10H18O5.C9H11N3O3/c1-21-7-12-24(30(19-21)25(31)32-26(2,3)4)22-8-10-23(11-9-22)29-16-6-13-27(20-29)14-17-28(5)18-15-27;1-18-4-9-21(23-16-18)19-5-7-20(8-6-19)25-13-3-10-22(17-25)11-14-24(2)15-12-22;1-12-5-10-15(13-6-8-14(18)9-7-13)19(11-12)16(20)21-17(2,3)4;1-9-2-7-12(14-8-9)10-3-5-11(13)6-4-10;1-12-7-4-10(5-8-12)3-2-6-11-9-10;1-9(2,3)14-7(11)13-8(12)15-10(4,5)6;1-2-5-3-6(4-11-7(5)10)12-8(13)9(14)15/h8-11,21,24H,6-7,12-20H2,1-5H3;5-8,18,21,23H,3-4,9-17H2,1-2H3;6-9,12,15H,5,10-11H2,1-4H3;3-6,9,12,14H,2,7-8H2,1H3;11H,2-9H2,1H3;1-6H3;3-4H,2H2,1H3,(H2,10,11)(H,12,13)(H,14,15)/t21-,24+;18-,21+;12-,15+;9-,12+;;;/m0000.../s1. The number of halogens is 2. The molecule has 25 nitrogen and oxygen atoms in total. The first-order chi connectivity index (χ1) is 63.1. The summed E-state index contributed by atoms with van der Waals surface area (Å²) in [6, 6.07) is 38.4. The number of piperidine rings is 10. The lowest BCUT2D eigenvalue weighted by molar-refractivity contribution is -0.147. The smallest absolute Gasteiger partial charge is 0.474 e. The molecule has 1 aromatic heterocycles. The number of aryl methyl sites for hydroxylation is 1. The summed E-state index contributed by atoms with van der Waals surface area (Å²) >= 11 is 6.92. The van der Waals surface area contributed by atoms with Crippen molar-refractivity contribution in [2.45, 2.75) is 299 Å². The number of aromatic nitrogens is 1. The molecule has 7 N–H and O–H groups in total. The van der Waals surface area contributed by atoms with E-state index in [4.69, 9.17) is 29.8 Å². The summed E-state index contributed by atoms with van der Waals surface area (Å²) < 4.78 is 27.3. The lowest BCUT2D eigenvalue weighted by Crippen LogP contribution is -2.49. The highest BCUT2D eigenvalue weighted by molar-refractivity contribution is 9.10. The molecule has 10 saturated heterocycles. The van der Waals surface area contributed by atoms with E-state index in [-0.39, 0.29) is 24.3 Å². The number of nitrogen functional groups attached to an aromatic ring is 1. The number of nitrogens with zero attached hydrogens (tertiary/aromatic N) is 8. The van der Waals surface area contributed by atoms with Crippen LogP contribution in [0.3, 0.4) is 0 Å². The zero-order valence-electron chi connectivity index (χ0n) is 85.0. The van der Waals surface area contributed by atoms with Crippen molar-refractivity contribution in [3.63, 3.8) is 0 Å². The van der Waals surface area contributed by atoms with Gasteiger partial charge in [0.25, 0.3) is 0 Å². The molecule has 10 aliphatic heterocycles. The molecule has 746 valence electrons. The van der Waals surface area contributed by atoms with Gasteiger partial charge >= 0.3 is 36.4 Å². The molecular weight excluding hydrogens is 1820 g/mol. The number of carbonyl (C=O) groups is 6. The summed E-state index contributed by atoms with van der Waals surface area (Å²) in [5.41, 5.74) is 14.2. The van der Waals surface area contributed by atoms with E-state index in [1.54, 1.807) is 47.6 Å². The number of rotatable bonds is 8. The van der Waals surface area contributed by atoms with Gasteiger partial charge in [-0.2, -0.15) is 0 Å². The molecule has 15 rings (SSSR count). The van der Waals surface area contributed by atoms with Crippen LogP contribution in [0.25, 0.3) is 0 Å². The van der Waals surface area contributed by atoms with Crippen LogP contribution in [-0.2, 0) is 39.7 Å². The maximum Gasteiger partial charge on any atom is 0.519 e. The van der Waals surface area contributed by atoms with Crippen LogP contribution in [0.2, 0.25) is 0 Å². The fraction of sp³-hybridized carbons (Fsp3) is 0.673. The van der Waals surface area contributed by atoms with Crippen molar-refractivity contribution in [1.82, 2.24) is 45.4 Å². The number of nitrogens with two attached hydrogens (primary N) is 1. The number of pyridine rings is 1. The van der Waals surface area contributed by atoms with E-state index in [1.807, 2.05) is 70.4 Å². The minimum absolute atomic E-state index is 0.108. The Hall–Kier alpha value is -7.63. The molecule has 11 heterocycles. The van der Waals surface area contributed by atoms with Crippen molar-refractivity contribution in [3.8, 4) is 0 Å². The summed E-state index contributed by atoms with van der Waals surface area (Å²) in [7, 11) is 6.76. The highest BCUT2D eigenvalue weighted by atomic mass is 79.9. The van der Waals surface area contributed by atoms with Gasteiger partial charge in [0, 0.05) is 78.2 Å². The quantitative estimate of drug-likeness (QED) is 0.0364. The number of aliphatic carboxylic acids is 1. The number of carbonyl (C=O) groups excluding carboxylic acids is 5. The monoisotopic (exact) mass is 1980 g/mol. The summed E-state index contributed by atoms with van der Waals surface area (Å²) in [4.78, 5) is 88.9. The lowest BCUT2D eigenvalue weighted by Gasteiger charge is -2.48. The molecular formula is C107H167Br2N13O12. The molecule has 0 bridgehead atoms. The summed E-state index contributed by atoms with van der Waals surface area (Å²) in [6.45, 7) is 51.4. The third-order valence-corrected chi connectivity index (χ3v) is 28.9. The second-order valence-corrected chi connectivity index (χ2v) is 46.2. The Morgan fingerprint density at radius 3 is 1.18 bits per heavy atom. The fourth-order valence-corrected chi connectivity index (χ4v) is 20.4. The molecule has 0 saturated carbocycles. The Kier molecular flexibility index (Phi) is 41.7. The van der Waals surface area contributed by atoms with Crippen LogP contribution in [0.5, 0.6) is 0 Å².